The van der Waals surface area contributed by atoms with Gasteiger partial charge in [0.15, 0.2) is 11.6 Å². The Bertz CT molecular complexity index is 418. The smallest absolute Gasteiger partial charge is 0.251 e. The van der Waals surface area contributed by atoms with Gasteiger partial charge in [-0.3, -0.25) is 10.6 Å². The number of carbonyl (C=O) groups is 1. The van der Waals surface area contributed by atoms with E-state index in [9.17, 15) is 13.6 Å². The van der Waals surface area contributed by atoms with Crippen molar-refractivity contribution in [2.75, 3.05) is 5.43 Å². The minimum absolute atomic E-state index is 0.0890. The van der Waals surface area contributed by atoms with Crippen LogP contribution in [0.25, 0.3) is 0 Å². The number of halogens is 2. The number of amides is 1. The van der Waals surface area contributed by atoms with E-state index in [1.165, 1.54) is 0 Å². The number of benzene rings is 1. The van der Waals surface area contributed by atoms with Crippen molar-refractivity contribution in [3.05, 3.63) is 29.3 Å². The van der Waals surface area contributed by atoms with E-state index in [0.29, 0.717) is 0 Å². The van der Waals surface area contributed by atoms with E-state index in [4.69, 9.17) is 5.84 Å². The number of nitrogen functional groups attached to an aromatic ring is 1. The summed E-state index contributed by atoms with van der Waals surface area (Å²) in [7, 11) is 0. The second-order valence-electron chi connectivity index (χ2n) is 4.66. The van der Waals surface area contributed by atoms with Gasteiger partial charge in [-0.05, 0) is 32.9 Å². The molecular weight excluding hydrogens is 228 g/mol. The number of hydrogen-bond acceptors (Lipinski definition) is 3. The molecule has 1 amide bonds. The molecule has 0 aliphatic rings. The van der Waals surface area contributed by atoms with E-state index in [2.05, 4.69) is 5.32 Å². The molecule has 1 aromatic carbocycles. The van der Waals surface area contributed by atoms with Crippen molar-refractivity contribution in [1.29, 1.82) is 0 Å². The highest BCUT2D eigenvalue weighted by atomic mass is 19.1. The van der Waals surface area contributed by atoms with Crippen LogP contribution in [-0.4, -0.2) is 11.4 Å². The van der Waals surface area contributed by atoms with E-state index in [1.54, 1.807) is 20.8 Å². The Balaban J connectivity index is 3.05. The van der Waals surface area contributed by atoms with Gasteiger partial charge in [-0.25, -0.2) is 8.78 Å². The van der Waals surface area contributed by atoms with E-state index in [-0.39, 0.29) is 5.56 Å². The molecule has 0 saturated heterocycles. The lowest BCUT2D eigenvalue weighted by Crippen LogP contribution is -2.40. The van der Waals surface area contributed by atoms with Gasteiger partial charge in [0.25, 0.3) is 5.91 Å². The number of nitrogens with one attached hydrogen (secondary N) is 2. The SMILES string of the molecule is CC(C)(C)NC(=O)c1cc(F)c(NN)c(F)c1. The summed E-state index contributed by atoms with van der Waals surface area (Å²) in [5.74, 6) is 2.58. The van der Waals surface area contributed by atoms with Crippen molar-refractivity contribution >= 4 is 11.6 Å². The Kier molecular flexibility index (Phi) is 3.67. The number of rotatable bonds is 2. The summed E-state index contributed by atoms with van der Waals surface area (Å²) in [6.07, 6.45) is 0. The normalized spacial score (nSPS) is 11.2. The molecule has 4 N–H and O–H groups in total. The van der Waals surface area contributed by atoms with Crippen molar-refractivity contribution in [3.63, 3.8) is 0 Å². The summed E-state index contributed by atoms with van der Waals surface area (Å²) in [5.41, 5.74) is 0.869. The van der Waals surface area contributed by atoms with E-state index >= 15 is 0 Å². The molecule has 1 aromatic rings. The molecule has 0 aliphatic heterocycles. The van der Waals surface area contributed by atoms with Gasteiger partial charge >= 0.3 is 0 Å². The maximum Gasteiger partial charge on any atom is 0.251 e. The van der Waals surface area contributed by atoms with Gasteiger partial charge in [-0.1, -0.05) is 0 Å². The van der Waals surface area contributed by atoms with Gasteiger partial charge in [-0.15, -0.1) is 0 Å². The summed E-state index contributed by atoms with van der Waals surface area (Å²) in [6, 6.07) is 1.86. The maximum atomic E-state index is 13.3. The molecule has 0 fully saturated rings. The largest absolute Gasteiger partial charge is 0.347 e. The molecule has 94 valence electrons. The summed E-state index contributed by atoms with van der Waals surface area (Å²) in [4.78, 5) is 11.7. The maximum absolute atomic E-state index is 13.3. The number of anilines is 1. The standard InChI is InChI=1S/C11H15F2N3O/c1-11(2,3)15-10(17)6-4-7(12)9(16-14)8(13)5-6/h4-5,16H,14H2,1-3H3,(H,15,17). The molecule has 0 bridgehead atoms. The van der Waals surface area contributed by atoms with Gasteiger partial charge in [0.05, 0.1) is 0 Å². The molecule has 0 spiro atoms. The highest BCUT2D eigenvalue weighted by Gasteiger charge is 2.18. The Morgan fingerprint density at radius 2 is 1.71 bits per heavy atom. The second-order valence-corrected chi connectivity index (χ2v) is 4.66. The summed E-state index contributed by atoms with van der Waals surface area (Å²) >= 11 is 0. The number of carbonyl (C=O) groups excluding carboxylic acids is 1. The molecule has 0 unspecified atom stereocenters. The van der Waals surface area contributed by atoms with Crippen LogP contribution in [0.2, 0.25) is 0 Å². The number of hydrogen-bond donors (Lipinski definition) is 3. The molecule has 4 nitrogen and oxygen atoms in total. The van der Waals surface area contributed by atoms with Crippen LogP contribution in [0, 0.1) is 11.6 Å². The van der Waals surface area contributed by atoms with Crippen LogP contribution in [-0.2, 0) is 0 Å². The van der Waals surface area contributed by atoms with Gasteiger partial charge in [0.2, 0.25) is 0 Å². The molecule has 0 heterocycles. The van der Waals surface area contributed by atoms with Crippen LogP contribution in [0.3, 0.4) is 0 Å². The Labute approximate surface area is 98.2 Å². The first kappa shape index (κ1) is 13.4. The van der Waals surface area contributed by atoms with Gasteiger partial charge in [0.1, 0.15) is 5.69 Å². The van der Waals surface area contributed by atoms with E-state index in [0.717, 1.165) is 12.1 Å². The molecule has 17 heavy (non-hydrogen) atoms. The highest BCUT2D eigenvalue weighted by Crippen LogP contribution is 2.20. The van der Waals surface area contributed by atoms with Crippen molar-refractivity contribution in [1.82, 2.24) is 5.32 Å². The predicted octanol–water partition coefficient (Wildman–Crippen LogP) is 1.78. The van der Waals surface area contributed by atoms with Crippen molar-refractivity contribution < 1.29 is 13.6 Å². The Morgan fingerprint density at radius 1 is 1.24 bits per heavy atom. The zero-order chi connectivity index (χ0) is 13.2. The van der Waals surface area contributed by atoms with Crippen LogP contribution in [0.4, 0.5) is 14.5 Å². The summed E-state index contributed by atoms with van der Waals surface area (Å²) in [5, 5.41) is 2.60. The third-order valence-corrected chi connectivity index (χ3v) is 1.94. The van der Waals surface area contributed by atoms with Crippen molar-refractivity contribution in [2.45, 2.75) is 26.3 Å². The summed E-state index contributed by atoms with van der Waals surface area (Å²) < 4.78 is 26.7. The van der Waals surface area contributed by atoms with Crippen LogP contribution < -0.4 is 16.6 Å². The zero-order valence-electron chi connectivity index (χ0n) is 9.90. The minimum Gasteiger partial charge on any atom is -0.347 e. The Hall–Kier alpha value is -1.69. The van der Waals surface area contributed by atoms with Crippen LogP contribution >= 0.6 is 0 Å². The molecule has 0 aromatic heterocycles. The van der Waals surface area contributed by atoms with Crippen molar-refractivity contribution in [2.24, 2.45) is 5.84 Å². The first-order valence-electron chi connectivity index (χ1n) is 5.03. The van der Waals surface area contributed by atoms with E-state index < -0.39 is 28.8 Å². The topological polar surface area (TPSA) is 67.2 Å². The lowest BCUT2D eigenvalue weighted by Gasteiger charge is -2.20. The minimum atomic E-state index is -0.911. The van der Waals surface area contributed by atoms with Gasteiger partial charge < -0.3 is 10.7 Å². The van der Waals surface area contributed by atoms with Gasteiger partial charge in [0, 0.05) is 11.1 Å². The average Bonchev–Trinajstić information content (AvgIpc) is 2.14. The lowest BCUT2D eigenvalue weighted by molar-refractivity contribution is 0.0918. The fraction of sp³-hybridized carbons (Fsp3) is 0.364. The Morgan fingerprint density at radius 3 is 2.06 bits per heavy atom. The zero-order valence-corrected chi connectivity index (χ0v) is 9.90. The fourth-order valence-corrected chi connectivity index (χ4v) is 1.25. The molecule has 1 rings (SSSR count). The molecular formula is C11H15F2N3O. The van der Waals surface area contributed by atoms with E-state index in [1.807, 2.05) is 5.43 Å². The monoisotopic (exact) mass is 243 g/mol. The fourth-order valence-electron chi connectivity index (χ4n) is 1.25. The van der Waals surface area contributed by atoms with Crippen LogP contribution in [0.15, 0.2) is 12.1 Å². The van der Waals surface area contributed by atoms with Crippen LogP contribution in [0.5, 0.6) is 0 Å². The number of nitrogens with two attached hydrogens (primary N) is 1. The molecule has 6 heteroatoms. The van der Waals surface area contributed by atoms with Crippen LogP contribution in [0.1, 0.15) is 31.1 Å². The molecule has 0 aliphatic carbocycles. The summed E-state index contributed by atoms with van der Waals surface area (Å²) in [6.45, 7) is 5.31. The molecule has 0 radical (unpaired) electrons. The first-order valence-corrected chi connectivity index (χ1v) is 5.03. The quantitative estimate of drug-likeness (QED) is 0.548. The number of hydrazine groups is 1. The third-order valence-electron chi connectivity index (χ3n) is 1.94. The lowest BCUT2D eigenvalue weighted by atomic mass is 10.1. The molecule has 0 atom stereocenters. The highest BCUT2D eigenvalue weighted by molar-refractivity contribution is 5.95. The second kappa shape index (κ2) is 4.67. The van der Waals surface area contributed by atoms with Crippen molar-refractivity contribution in [3.8, 4) is 0 Å². The first-order chi connectivity index (χ1) is 7.74. The molecule has 0 saturated carbocycles. The average molecular weight is 243 g/mol. The third kappa shape index (κ3) is 3.39. The van der Waals surface area contributed by atoms with Gasteiger partial charge in [-0.2, -0.15) is 0 Å². The predicted molar refractivity (Wildman–Crippen MR) is 61.4 cm³/mol.